The predicted molar refractivity (Wildman–Crippen MR) is 122 cm³/mol. The number of aromatic hydroxyl groups is 1. The highest BCUT2D eigenvalue weighted by Crippen LogP contribution is 2.48. The van der Waals surface area contributed by atoms with E-state index < -0.39 is 0 Å². The van der Waals surface area contributed by atoms with Gasteiger partial charge in [-0.1, -0.05) is 48.5 Å². The minimum atomic E-state index is -0.194. The van der Waals surface area contributed by atoms with Crippen LogP contribution >= 0.6 is 0 Å². The van der Waals surface area contributed by atoms with Gasteiger partial charge < -0.3 is 14.6 Å². The van der Waals surface area contributed by atoms with E-state index in [4.69, 9.17) is 14.5 Å². The smallest absolute Gasteiger partial charge is 0.228 e. The van der Waals surface area contributed by atoms with Gasteiger partial charge in [-0.2, -0.15) is 0 Å². The molecule has 6 rings (SSSR count). The van der Waals surface area contributed by atoms with Crippen molar-refractivity contribution in [2.45, 2.75) is 12.3 Å². The third-order valence-electron chi connectivity index (χ3n) is 5.89. The molecule has 7 nitrogen and oxygen atoms in total. The normalized spacial score (nSPS) is 14.4. The Morgan fingerprint density at radius 2 is 1.85 bits per heavy atom. The molecule has 0 fully saturated rings. The SMILES string of the molecule is COc1ccc([C@H]2c3ccc(O)cc3Oc3ncn4nc(Cc5ccccc5)nc4c32)cc1. The average molecular weight is 436 g/mol. The molecule has 7 heteroatoms. The first-order valence-corrected chi connectivity index (χ1v) is 10.6. The molecule has 162 valence electrons. The van der Waals surface area contributed by atoms with Gasteiger partial charge in [-0.05, 0) is 29.3 Å². The molecule has 3 heterocycles. The van der Waals surface area contributed by atoms with E-state index in [1.54, 1.807) is 30.1 Å². The molecule has 0 aliphatic carbocycles. The minimum Gasteiger partial charge on any atom is -0.508 e. The van der Waals surface area contributed by atoms with Crippen LogP contribution in [0.3, 0.4) is 0 Å². The van der Waals surface area contributed by atoms with Gasteiger partial charge in [0, 0.05) is 24.0 Å². The zero-order chi connectivity index (χ0) is 22.4. The number of aromatic nitrogens is 4. The van der Waals surface area contributed by atoms with Crippen LogP contribution in [0.4, 0.5) is 0 Å². The molecule has 0 amide bonds. The molecule has 0 saturated heterocycles. The van der Waals surface area contributed by atoms with Gasteiger partial charge in [0.25, 0.3) is 0 Å². The molecule has 2 aromatic heterocycles. The van der Waals surface area contributed by atoms with E-state index in [1.807, 2.05) is 48.5 Å². The van der Waals surface area contributed by atoms with Crippen molar-refractivity contribution in [1.29, 1.82) is 0 Å². The molecule has 1 aliphatic rings. The van der Waals surface area contributed by atoms with Crippen LogP contribution in [0.15, 0.2) is 79.1 Å². The lowest BCUT2D eigenvalue weighted by Gasteiger charge is -2.28. The van der Waals surface area contributed by atoms with Crippen molar-refractivity contribution in [1.82, 2.24) is 19.6 Å². The summed E-state index contributed by atoms with van der Waals surface area (Å²) in [6.45, 7) is 0. The van der Waals surface area contributed by atoms with E-state index in [1.165, 1.54) is 0 Å². The van der Waals surface area contributed by atoms with Crippen molar-refractivity contribution in [2.75, 3.05) is 7.11 Å². The first-order valence-electron chi connectivity index (χ1n) is 10.6. The Hall–Kier alpha value is -4.39. The standard InChI is InChI=1S/C26H20N4O3/c1-32-19-10-7-17(8-11-19)23-20-12-9-18(31)14-21(20)33-26-24(23)25-28-22(29-30(25)15-27-26)13-16-5-3-2-4-6-16/h2-12,14-15,23,31H,13H2,1H3/t23-/m0/s1. The van der Waals surface area contributed by atoms with Crippen molar-refractivity contribution in [2.24, 2.45) is 0 Å². The first-order chi connectivity index (χ1) is 16.2. The van der Waals surface area contributed by atoms with E-state index in [9.17, 15) is 5.11 Å². The highest BCUT2D eigenvalue weighted by molar-refractivity contribution is 5.66. The van der Waals surface area contributed by atoms with E-state index >= 15 is 0 Å². The van der Waals surface area contributed by atoms with Crippen LogP contribution in [-0.2, 0) is 6.42 Å². The lowest BCUT2D eigenvalue weighted by Crippen LogP contribution is -2.15. The Morgan fingerprint density at radius 1 is 1.03 bits per heavy atom. The van der Waals surface area contributed by atoms with Gasteiger partial charge in [0.2, 0.25) is 5.88 Å². The van der Waals surface area contributed by atoms with Crippen LogP contribution < -0.4 is 9.47 Å². The number of phenols is 1. The molecule has 1 atom stereocenters. The summed E-state index contributed by atoms with van der Waals surface area (Å²) in [6, 6.07) is 23.2. The summed E-state index contributed by atoms with van der Waals surface area (Å²) in [5.74, 6) is 2.46. The van der Waals surface area contributed by atoms with Gasteiger partial charge in [0.15, 0.2) is 11.5 Å². The Bertz CT molecular complexity index is 1460. The zero-order valence-corrected chi connectivity index (χ0v) is 17.8. The fourth-order valence-corrected chi connectivity index (χ4v) is 4.34. The number of rotatable bonds is 4. The van der Waals surface area contributed by atoms with Gasteiger partial charge >= 0.3 is 0 Å². The third-order valence-corrected chi connectivity index (χ3v) is 5.89. The molecule has 0 unspecified atom stereocenters. The van der Waals surface area contributed by atoms with Gasteiger partial charge in [0.05, 0.1) is 12.7 Å². The molecule has 3 aromatic carbocycles. The van der Waals surface area contributed by atoms with E-state index in [0.29, 0.717) is 29.5 Å². The summed E-state index contributed by atoms with van der Waals surface area (Å²) in [5.41, 5.74) is 4.64. The summed E-state index contributed by atoms with van der Waals surface area (Å²) >= 11 is 0. The number of benzene rings is 3. The molecule has 33 heavy (non-hydrogen) atoms. The number of fused-ring (bicyclic) bond motifs is 4. The van der Waals surface area contributed by atoms with Gasteiger partial charge in [-0.25, -0.2) is 14.5 Å². The Kier molecular flexibility index (Phi) is 4.47. The van der Waals surface area contributed by atoms with Crippen molar-refractivity contribution >= 4 is 5.65 Å². The Morgan fingerprint density at radius 3 is 2.64 bits per heavy atom. The minimum absolute atomic E-state index is 0.138. The maximum atomic E-state index is 10.0. The maximum absolute atomic E-state index is 10.0. The fraction of sp³-hybridized carbons (Fsp3) is 0.115. The molecule has 0 radical (unpaired) electrons. The van der Waals surface area contributed by atoms with Crippen LogP contribution in [-0.4, -0.2) is 31.8 Å². The molecule has 1 aliphatic heterocycles. The molecular formula is C26H20N4O3. The average Bonchev–Trinajstić information content (AvgIpc) is 3.26. The van der Waals surface area contributed by atoms with Crippen LogP contribution in [0, 0.1) is 0 Å². The van der Waals surface area contributed by atoms with Gasteiger partial charge in [0.1, 0.15) is 23.6 Å². The predicted octanol–water partition coefficient (Wildman–Crippen LogP) is 4.72. The summed E-state index contributed by atoms with van der Waals surface area (Å²) in [5, 5.41) is 14.7. The van der Waals surface area contributed by atoms with Crippen LogP contribution in [0.5, 0.6) is 23.1 Å². The van der Waals surface area contributed by atoms with Crippen molar-refractivity contribution in [3.8, 4) is 23.1 Å². The summed E-state index contributed by atoms with van der Waals surface area (Å²) in [7, 11) is 1.65. The quantitative estimate of drug-likeness (QED) is 0.431. The second-order valence-corrected chi connectivity index (χ2v) is 7.95. The largest absolute Gasteiger partial charge is 0.508 e. The number of nitrogens with zero attached hydrogens (tertiary/aromatic N) is 4. The molecule has 1 N–H and O–H groups in total. The fourth-order valence-electron chi connectivity index (χ4n) is 4.34. The number of ether oxygens (including phenoxy) is 2. The summed E-state index contributed by atoms with van der Waals surface area (Å²) < 4.78 is 13.2. The van der Waals surface area contributed by atoms with E-state index in [2.05, 4.69) is 22.2 Å². The number of hydrogen-bond donors (Lipinski definition) is 1. The van der Waals surface area contributed by atoms with Crippen LogP contribution in [0.25, 0.3) is 5.65 Å². The lowest BCUT2D eigenvalue weighted by atomic mass is 9.84. The van der Waals surface area contributed by atoms with Gasteiger partial charge in [-0.15, -0.1) is 5.10 Å². The zero-order valence-electron chi connectivity index (χ0n) is 17.8. The second-order valence-electron chi connectivity index (χ2n) is 7.95. The molecular weight excluding hydrogens is 416 g/mol. The molecule has 0 bridgehead atoms. The highest BCUT2D eigenvalue weighted by Gasteiger charge is 2.33. The number of phenolic OH excluding ortho intramolecular Hbond substituents is 1. The Labute approximate surface area is 189 Å². The molecule has 5 aromatic rings. The maximum Gasteiger partial charge on any atom is 0.228 e. The monoisotopic (exact) mass is 436 g/mol. The first kappa shape index (κ1) is 19.3. The second kappa shape index (κ2) is 7.63. The van der Waals surface area contributed by atoms with Crippen molar-refractivity contribution in [3.05, 3.63) is 107 Å². The van der Waals surface area contributed by atoms with Crippen molar-refractivity contribution < 1.29 is 14.6 Å². The lowest BCUT2D eigenvalue weighted by molar-refractivity contribution is 0.414. The highest BCUT2D eigenvalue weighted by atomic mass is 16.5. The van der Waals surface area contributed by atoms with E-state index in [-0.39, 0.29) is 11.7 Å². The third kappa shape index (κ3) is 3.34. The molecule has 0 saturated carbocycles. The number of methoxy groups -OCH3 is 1. The number of hydrogen-bond acceptors (Lipinski definition) is 6. The Balaban J connectivity index is 1.53. The van der Waals surface area contributed by atoms with Crippen LogP contribution in [0.1, 0.15) is 34.0 Å². The topological polar surface area (TPSA) is 81.8 Å². The van der Waals surface area contributed by atoms with Gasteiger partial charge in [-0.3, -0.25) is 0 Å². The summed E-state index contributed by atoms with van der Waals surface area (Å²) in [4.78, 5) is 9.42. The molecule has 0 spiro atoms. The summed E-state index contributed by atoms with van der Waals surface area (Å²) in [6.07, 6.45) is 2.24. The van der Waals surface area contributed by atoms with Crippen molar-refractivity contribution in [3.63, 3.8) is 0 Å². The van der Waals surface area contributed by atoms with Crippen LogP contribution in [0.2, 0.25) is 0 Å². The van der Waals surface area contributed by atoms with E-state index in [0.717, 1.165) is 28.0 Å².